The first-order valence-corrected chi connectivity index (χ1v) is 8.30. The lowest BCUT2D eigenvalue weighted by Crippen LogP contribution is -2.11. The topological polar surface area (TPSA) is 6.25 Å². The first-order chi connectivity index (χ1) is 12.0. The van der Waals surface area contributed by atoms with E-state index in [0.717, 1.165) is 46.8 Å². The van der Waals surface area contributed by atoms with E-state index in [0.29, 0.717) is 0 Å². The molecular weight excluding hydrogens is 318 g/mol. The van der Waals surface area contributed by atoms with Crippen LogP contribution in [0.3, 0.4) is 0 Å². The Balaban J connectivity index is 1.55. The highest BCUT2D eigenvalue weighted by molar-refractivity contribution is 5.96. The van der Waals surface area contributed by atoms with Crippen molar-refractivity contribution in [3.8, 4) is 0 Å². The standard InChI is InChI=1S/C21H19F2N2/c1-24-18(10-14-6-8-16(22)12-20(14)24)4-3-5-19-11-15-7-9-17(23)13-21(15)25(19)2/h3-9,12-13H,10-11H2,1-2H3/q+1. The van der Waals surface area contributed by atoms with E-state index in [1.54, 1.807) is 12.1 Å². The number of likely N-dealkylation sites (N-methyl/N-ethyl adjacent to an activating group) is 1. The average Bonchev–Trinajstić information content (AvgIpc) is 3.06. The van der Waals surface area contributed by atoms with Gasteiger partial charge in [0.25, 0.3) is 0 Å². The van der Waals surface area contributed by atoms with Gasteiger partial charge in [0, 0.05) is 42.6 Å². The van der Waals surface area contributed by atoms with Gasteiger partial charge in [-0.15, -0.1) is 0 Å². The lowest BCUT2D eigenvalue weighted by atomic mass is 10.1. The normalized spacial score (nSPS) is 17.8. The van der Waals surface area contributed by atoms with E-state index >= 15 is 0 Å². The fourth-order valence-electron chi connectivity index (χ4n) is 3.55. The van der Waals surface area contributed by atoms with Crippen molar-refractivity contribution < 1.29 is 13.4 Å². The summed E-state index contributed by atoms with van der Waals surface area (Å²) >= 11 is 0. The third-order valence-electron chi connectivity index (χ3n) is 5.00. The fraction of sp³-hybridized carbons (Fsp3) is 0.190. The molecule has 126 valence electrons. The smallest absolute Gasteiger partial charge is 0.211 e. The number of fused-ring (bicyclic) bond motifs is 2. The zero-order valence-corrected chi connectivity index (χ0v) is 14.3. The molecule has 25 heavy (non-hydrogen) atoms. The molecule has 0 fully saturated rings. The minimum absolute atomic E-state index is 0.212. The second kappa shape index (κ2) is 5.96. The molecule has 0 unspecified atom stereocenters. The van der Waals surface area contributed by atoms with Crippen molar-refractivity contribution in [1.29, 1.82) is 0 Å². The van der Waals surface area contributed by atoms with Crippen LogP contribution in [0.4, 0.5) is 20.2 Å². The van der Waals surface area contributed by atoms with Crippen molar-refractivity contribution in [3.05, 3.63) is 83.1 Å². The highest BCUT2D eigenvalue weighted by Gasteiger charge is 2.25. The highest BCUT2D eigenvalue weighted by atomic mass is 19.1. The number of halogens is 2. The summed E-state index contributed by atoms with van der Waals surface area (Å²) in [5.74, 6) is -0.425. The van der Waals surface area contributed by atoms with Crippen molar-refractivity contribution in [1.82, 2.24) is 0 Å². The largest absolute Gasteiger partial charge is 0.348 e. The van der Waals surface area contributed by atoms with E-state index in [9.17, 15) is 8.78 Å². The number of anilines is 1. The molecule has 2 aromatic rings. The van der Waals surface area contributed by atoms with Gasteiger partial charge >= 0.3 is 0 Å². The van der Waals surface area contributed by atoms with E-state index in [-0.39, 0.29) is 11.6 Å². The lowest BCUT2D eigenvalue weighted by Gasteiger charge is -2.14. The Kier molecular flexibility index (Phi) is 3.75. The van der Waals surface area contributed by atoms with Crippen LogP contribution in [0.1, 0.15) is 11.1 Å². The van der Waals surface area contributed by atoms with Crippen LogP contribution in [-0.2, 0) is 12.8 Å². The number of rotatable bonds is 2. The van der Waals surface area contributed by atoms with Crippen LogP contribution < -0.4 is 4.90 Å². The van der Waals surface area contributed by atoms with E-state index < -0.39 is 0 Å². The van der Waals surface area contributed by atoms with Gasteiger partial charge in [0.05, 0.1) is 6.42 Å². The van der Waals surface area contributed by atoms with Gasteiger partial charge in [0.2, 0.25) is 5.69 Å². The number of allylic oxidation sites excluding steroid dienone is 4. The SMILES string of the molecule is CN1C(=CC=CC2=[N+](C)c3cc(F)ccc3C2)Cc2ccc(F)cc21. The summed E-state index contributed by atoms with van der Waals surface area (Å²) in [5.41, 5.74) is 6.37. The van der Waals surface area contributed by atoms with Crippen molar-refractivity contribution >= 4 is 17.1 Å². The first kappa shape index (κ1) is 15.8. The van der Waals surface area contributed by atoms with Gasteiger partial charge in [-0.3, -0.25) is 0 Å². The van der Waals surface area contributed by atoms with Gasteiger partial charge in [0.15, 0.2) is 5.71 Å². The van der Waals surface area contributed by atoms with Gasteiger partial charge in [-0.25, -0.2) is 8.78 Å². The molecule has 2 nitrogen and oxygen atoms in total. The first-order valence-electron chi connectivity index (χ1n) is 8.30. The van der Waals surface area contributed by atoms with E-state index in [2.05, 4.69) is 12.2 Å². The van der Waals surface area contributed by atoms with Crippen LogP contribution in [-0.4, -0.2) is 24.4 Å². The second-order valence-corrected chi connectivity index (χ2v) is 6.53. The molecule has 0 saturated heterocycles. The molecule has 2 heterocycles. The van der Waals surface area contributed by atoms with Gasteiger partial charge < -0.3 is 4.90 Å². The van der Waals surface area contributed by atoms with Crippen LogP contribution in [0.15, 0.2) is 60.3 Å². The number of hydrogen-bond acceptors (Lipinski definition) is 1. The molecule has 2 aliphatic heterocycles. The molecule has 0 amide bonds. The van der Waals surface area contributed by atoms with Crippen molar-refractivity contribution in [2.45, 2.75) is 12.8 Å². The molecule has 4 rings (SSSR count). The predicted octanol–water partition coefficient (Wildman–Crippen LogP) is 4.37. The molecule has 0 aromatic heterocycles. The number of hydrogen-bond donors (Lipinski definition) is 0. The Morgan fingerprint density at radius 3 is 2.52 bits per heavy atom. The molecule has 0 bridgehead atoms. The molecule has 0 N–H and O–H groups in total. The molecule has 0 saturated carbocycles. The van der Waals surface area contributed by atoms with Crippen LogP contribution in [0.2, 0.25) is 0 Å². The van der Waals surface area contributed by atoms with Crippen molar-refractivity contribution in [3.63, 3.8) is 0 Å². The minimum atomic E-state index is -0.212. The maximum absolute atomic E-state index is 13.4. The number of benzene rings is 2. The summed E-state index contributed by atoms with van der Waals surface area (Å²) < 4.78 is 28.9. The molecule has 0 spiro atoms. The Morgan fingerprint density at radius 2 is 1.72 bits per heavy atom. The molecule has 2 aromatic carbocycles. The van der Waals surface area contributed by atoms with Gasteiger partial charge in [-0.2, -0.15) is 4.58 Å². The van der Waals surface area contributed by atoms with E-state index in [1.165, 1.54) is 12.1 Å². The van der Waals surface area contributed by atoms with Crippen LogP contribution in [0.25, 0.3) is 0 Å². The number of nitrogens with zero attached hydrogens (tertiary/aromatic N) is 2. The van der Waals surface area contributed by atoms with Crippen molar-refractivity contribution in [2.75, 3.05) is 19.0 Å². The third-order valence-corrected chi connectivity index (χ3v) is 5.00. The quantitative estimate of drug-likeness (QED) is 0.738. The lowest BCUT2D eigenvalue weighted by molar-refractivity contribution is -0.400. The van der Waals surface area contributed by atoms with Gasteiger partial charge in [0.1, 0.15) is 18.7 Å². The van der Waals surface area contributed by atoms with E-state index in [4.69, 9.17) is 0 Å². The average molecular weight is 337 g/mol. The third kappa shape index (κ3) is 2.78. The van der Waals surface area contributed by atoms with Gasteiger partial charge in [-0.05, 0) is 35.9 Å². The zero-order chi connectivity index (χ0) is 17.6. The summed E-state index contributed by atoms with van der Waals surface area (Å²) in [5, 5.41) is 0. The van der Waals surface area contributed by atoms with Crippen molar-refractivity contribution in [2.24, 2.45) is 0 Å². The van der Waals surface area contributed by atoms with Crippen LogP contribution in [0, 0.1) is 11.6 Å². The monoisotopic (exact) mass is 337 g/mol. The predicted molar refractivity (Wildman–Crippen MR) is 96.7 cm³/mol. The zero-order valence-electron chi connectivity index (χ0n) is 14.3. The highest BCUT2D eigenvalue weighted by Crippen LogP contribution is 2.33. The van der Waals surface area contributed by atoms with Crippen LogP contribution in [0.5, 0.6) is 0 Å². The Morgan fingerprint density at radius 1 is 1.00 bits per heavy atom. The molecule has 0 radical (unpaired) electrons. The summed E-state index contributed by atoms with van der Waals surface area (Å²) in [4.78, 5) is 2.02. The summed E-state index contributed by atoms with van der Waals surface area (Å²) in [6.45, 7) is 0. The summed E-state index contributed by atoms with van der Waals surface area (Å²) in [6, 6.07) is 9.85. The molecule has 2 aliphatic rings. The summed E-state index contributed by atoms with van der Waals surface area (Å²) in [6.07, 6.45) is 7.73. The van der Waals surface area contributed by atoms with Gasteiger partial charge in [-0.1, -0.05) is 12.1 Å². The van der Waals surface area contributed by atoms with E-state index in [1.807, 2.05) is 41.8 Å². The Labute approximate surface area is 146 Å². The molecule has 0 atom stereocenters. The van der Waals surface area contributed by atoms with Crippen LogP contribution >= 0.6 is 0 Å². The Bertz CT molecular complexity index is 954. The second-order valence-electron chi connectivity index (χ2n) is 6.53. The Hall–Kier alpha value is -2.75. The molecular formula is C21H19F2N2+. The maximum Gasteiger partial charge on any atom is 0.211 e. The molecule has 4 heteroatoms. The molecule has 0 aliphatic carbocycles. The minimum Gasteiger partial charge on any atom is -0.348 e. The maximum atomic E-state index is 13.4. The fourth-order valence-corrected chi connectivity index (χ4v) is 3.55. The summed E-state index contributed by atoms with van der Waals surface area (Å²) in [7, 11) is 3.91.